The van der Waals surface area contributed by atoms with E-state index in [1.165, 1.54) is 11.3 Å². The van der Waals surface area contributed by atoms with Gasteiger partial charge in [0.05, 0.1) is 28.5 Å². The highest BCUT2D eigenvalue weighted by Crippen LogP contribution is 2.33. The van der Waals surface area contributed by atoms with E-state index in [1.54, 1.807) is 22.4 Å². The second-order valence-electron chi connectivity index (χ2n) is 6.24. The third kappa shape index (κ3) is 5.20. The predicted molar refractivity (Wildman–Crippen MR) is 97.7 cm³/mol. The molecule has 5 nitrogen and oxygen atoms in total. The van der Waals surface area contributed by atoms with Crippen LogP contribution in [0.2, 0.25) is 0 Å². The molecule has 0 radical (unpaired) electrons. The number of amides is 1. The van der Waals surface area contributed by atoms with E-state index < -0.39 is 11.9 Å². The Labute approximate surface area is 163 Å². The minimum Gasteiger partial charge on any atom is -0.372 e. The predicted octanol–water partition coefficient (Wildman–Crippen LogP) is 3.95. The van der Waals surface area contributed by atoms with Crippen LogP contribution in [0.3, 0.4) is 0 Å². The van der Waals surface area contributed by atoms with Gasteiger partial charge in [-0.2, -0.15) is 13.2 Å². The molecule has 0 saturated carbocycles. The van der Waals surface area contributed by atoms with Crippen molar-refractivity contribution < 1.29 is 22.7 Å². The standard InChI is InChI=1S/C17H18F3N3O2S2/c1-10-7-23(8-11(2)25-10)15(24)9-27-16-21-12(13-4-3-5-26-13)6-14(22-16)17(18,19)20/h3-6,10-11H,7-9H2,1-2H3/t10-,11-/m1/s1. The minimum absolute atomic E-state index is 0.0232. The van der Waals surface area contributed by atoms with Crippen molar-refractivity contribution in [3.05, 3.63) is 29.3 Å². The summed E-state index contributed by atoms with van der Waals surface area (Å²) in [5.41, 5.74) is -0.805. The van der Waals surface area contributed by atoms with Crippen molar-refractivity contribution in [3.63, 3.8) is 0 Å². The lowest BCUT2D eigenvalue weighted by molar-refractivity contribution is -0.141. The van der Waals surface area contributed by atoms with Gasteiger partial charge in [0.25, 0.3) is 0 Å². The first kappa shape index (κ1) is 20.1. The number of aromatic nitrogens is 2. The Morgan fingerprint density at radius 2 is 2.04 bits per heavy atom. The van der Waals surface area contributed by atoms with Crippen LogP contribution in [0.15, 0.2) is 28.7 Å². The van der Waals surface area contributed by atoms with Crippen LogP contribution >= 0.6 is 23.1 Å². The van der Waals surface area contributed by atoms with Gasteiger partial charge < -0.3 is 9.64 Å². The van der Waals surface area contributed by atoms with E-state index in [9.17, 15) is 18.0 Å². The lowest BCUT2D eigenvalue weighted by Gasteiger charge is -2.35. The van der Waals surface area contributed by atoms with Crippen LogP contribution in [-0.4, -0.2) is 51.8 Å². The molecule has 0 aliphatic carbocycles. The zero-order valence-corrected chi connectivity index (χ0v) is 16.3. The summed E-state index contributed by atoms with van der Waals surface area (Å²) in [5.74, 6) is -0.189. The van der Waals surface area contributed by atoms with E-state index in [4.69, 9.17) is 4.74 Å². The van der Waals surface area contributed by atoms with E-state index in [0.29, 0.717) is 18.0 Å². The van der Waals surface area contributed by atoms with Gasteiger partial charge in [-0.25, -0.2) is 9.97 Å². The van der Waals surface area contributed by atoms with Crippen LogP contribution in [0, 0.1) is 0 Å². The van der Waals surface area contributed by atoms with Gasteiger partial charge in [-0.1, -0.05) is 17.8 Å². The van der Waals surface area contributed by atoms with Crippen molar-refractivity contribution in [1.82, 2.24) is 14.9 Å². The van der Waals surface area contributed by atoms with Crippen molar-refractivity contribution in [2.75, 3.05) is 18.8 Å². The molecule has 2 atom stereocenters. The number of thioether (sulfide) groups is 1. The van der Waals surface area contributed by atoms with Crippen molar-refractivity contribution in [2.24, 2.45) is 0 Å². The summed E-state index contributed by atoms with van der Waals surface area (Å²) in [6.07, 6.45) is -4.72. The van der Waals surface area contributed by atoms with Gasteiger partial charge in [-0.05, 0) is 31.4 Å². The monoisotopic (exact) mass is 417 g/mol. The Balaban J connectivity index is 1.76. The topological polar surface area (TPSA) is 55.3 Å². The first-order chi connectivity index (χ1) is 12.7. The zero-order valence-electron chi connectivity index (χ0n) is 14.7. The van der Waals surface area contributed by atoms with Crippen LogP contribution in [0.25, 0.3) is 10.6 Å². The van der Waals surface area contributed by atoms with Gasteiger partial charge in [0, 0.05) is 13.1 Å². The molecule has 0 aromatic carbocycles. The van der Waals surface area contributed by atoms with Crippen LogP contribution in [0.1, 0.15) is 19.5 Å². The van der Waals surface area contributed by atoms with Gasteiger partial charge in [0.2, 0.25) is 5.91 Å². The van der Waals surface area contributed by atoms with Crippen LogP contribution in [0.5, 0.6) is 0 Å². The highest BCUT2D eigenvalue weighted by Gasteiger charge is 2.34. The number of ether oxygens (including phenoxy) is 1. The molecule has 0 bridgehead atoms. The summed E-state index contributed by atoms with van der Waals surface area (Å²) in [4.78, 5) is 22.5. The van der Waals surface area contributed by atoms with Crippen molar-refractivity contribution in [1.29, 1.82) is 0 Å². The third-order valence-electron chi connectivity index (χ3n) is 3.87. The average molecular weight is 417 g/mol. The zero-order chi connectivity index (χ0) is 19.6. The molecule has 0 N–H and O–H groups in total. The number of carbonyl (C=O) groups excluding carboxylic acids is 1. The summed E-state index contributed by atoms with van der Waals surface area (Å²) >= 11 is 2.21. The van der Waals surface area contributed by atoms with Crippen LogP contribution < -0.4 is 0 Å². The van der Waals surface area contributed by atoms with E-state index >= 15 is 0 Å². The Bertz CT molecular complexity index is 789. The molecule has 1 aliphatic rings. The maximum absolute atomic E-state index is 13.2. The van der Waals surface area contributed by atoms with Crippen molar-refractivity contribution in [2.45, 2.75) is 37.4 Å². The normalized spacial score (nSPS) is 20.7. The number of morpholine rings is 1. The molecule has 1 aliphatic heterocycles. The lowest BCUT2D eigenvalue weighted by Crippen LogP contribution is -2.48. The van der Waals surface area contributed by atoms with Crippen molar-refractivity contribution >= 4 is 29.0 Å². The molecule has 0 spiro atoms. The quantitative estimate of drug-likeness (QED) is 0.557. The molecular weight excluding hydrogens is 399 g/mol. The van der Waals surface area contributed by atoms with E-state index in [0.717, 1.165) is 17.8 Å². The smallest absolute Gasteiger partial charge is 0.372 e. The molecule has 10 heteroatoms. The van der Waals surface area contributed by atoms with E-state index in [-0.39, 0.29) is 34.7 Å². The Morgan fingerprint density at radius 1 is 1.33 bits per heavy atom. The van der Waals surface area contributed by atoms with Gasteiger partial charge in [-0.3, -0.25) is 4.79 Å². The Hall–Kier alpha value is -1.65. The molecule has 1 fully saturated rings. The third-order valence-corrected chi connectivity index (χ3v) is 5.59. The molecule has 146 valence electrons. The summed E-state index contributed by atoms with van der Waals surface area (Å²) in [5, 5.41) is 1.71. The number of rotatable bonds is 4. The molecule has 1 saturated heterocycles. The largest absolute Gasteiger partial charge is 0.433 e. The summed E-state index contributed by atoms with van der Waals surface area (Å²) in [7, 11) is 0. The second-order valence-corrected chi connectivity index (χ2v) is 8.13. The van der Waals surface area contributed by atoms with E-state index in [1.807, 2.05) is 13.8 Å². The molecule has 0 unspecified atom stereocenters. The van der Waals surface area contributed by atoms with Gasteiger partial charge in [0.15, 0.2) is 5.16 Å². The summed E-state index contributed by atoms with van der Waals surface area (Å²) < 4.78 is 45.1. The number of hydrogen-bond acceptors (Lipinski definition) is 6. The SMILES string of the molecule is C[C@@H]1CN(C(=O)CSc2nc(-c3cccs3)cc(C(F)(F)F)n2)C[C@@H](C)O1. The molecule has 3 rings (SSSR count). The number of carbonyl (C=O) groups is 1. The fourth-order valence-electron chi connectivity index (χ4n) is 2.78. The highest BCUT2D eigenvalue weighted by molar-refractivity contribution is 7.99. The molecule has 2 aromatic rings. The number of halogens is 3. The van der Waals surface area contributed by atoms with E-state index in [2.05, 4.69) is 9.97 Å². The van der Waals surface area contributed by atoms with Crippen molar-refractivity contribution in [3.8, 4) is 10.6 Å². The molecular formula is C17H18F3N3O2S2. The van der Waals surface area contributed by atoms with Crippen LogP contribution in [-0.2, 0) is 15.7 Å². The number of alkyl halides is 3. The minimum atomic E-state index is -4.58. The van der Waals surface area contributed by atoms with Gasteiger partial charge in [0.1, 0.15) is 5.69 Å². The Kier molecular flexibility index (Phi) is 6.07. The summed E-state index contributed by atoms with van der Waals surface area (Å²) in [6, 6.07) is 4.37. The highest BCUT2D eigenvalue weighted by atomic mass is 32.2. The fourth-order valence-corrected chi connectivity index (χ4v) is 4.23. The Morgan fingerprint density at radius 3 is 2.63 bits per heavy atom. The molecule has 2 aromatic heterocycles. The van der Waals surface area contributed by atoms with Gasteiger partial charge in [-0.15, -0.1) is 11.3 Å². The first-order valence-electron chi connectivity index (χ1n) is 8.28. The van der Waals surface area contributed by atoms with Gasteiger partial charge >= 0.3 is 6.18 Å². The average Bonchev–Trinajstić information content (AvgIpc) is 3.12. The molecule has 3 heterocycles. The fraction of sp³-hybridized carbons (Fsp3) is 0.471. The maximum atomic E-state index is 13.2. The second kappa shape index (κ2) is 8.15. The van der Waals surface area contributed by atoms with Crippen LogP contribution in [0.4, 0.5) is 13.2 Å². The maximum Gasteiger partial charge on any atom is 0.433 e. The first-order valence-corrected chi connectivity index (χ1v) is 10.1. The number of hydrogen-bond donors (Lipinski definition) is 0. The molecule has 1 amide bonds. The number of thiophene rings is 1. The lowest BCUT2D eigenvalue weighted by atomic mass is 10.2. The number of nitrogens with zero attached hydrogens (tertiary/aromatic N) is 3. The summed E-state index contributed by atoms with van der Waals surface area (Å²) in [6.45, 7) is 4.69. The molecule has 27 heavy (non-hydrogen) atoms.